The molecule has 94 valence electrons. The Morgan fingerprint density at radius 1 is 1.00 bits per heavy atom. The molecule has 1 heteroatoms. The van der Waals surface area contributed by atoms with E-state index in [4.69, 9.17) is 4.74 Å². The van der Waals surface area contributed by atoms with Crippen molar-refractivity contribution in [3.8, 4) is 11.8 Å². The third-order valence-electron chi connectivity index (χ3n) is 2.85. The van der Waals surface area contributed by atoms with Crippen LogP contribution >= 0.6 is 0 Å². The summed E-state index contributed by atoms with van der Waals surface area (Å²) in [5.74, 6) is 6.37. The van der Waals surface area contributed by atoms with Crippen molar-refractivity contribution in [1.29, 1.82) is 0 Å². The molecule has 0 aliphatic carbocycles. The maximum Gasteiger partial charge on any atom is 0.101 e. The van der Waals surface area contributed by atoms with E-state index in [-0.39, 0.29) is 6.10 Å². The van der Waals surface area contributed by atoms with Gasteiger partial charge in [0.2, 0.25) is 0 Å². The SMILES string of the molecule is C=C[C@@H](OC)c1ccccc1C#Cc1ccccc1. The Hall–Kier alpha value is -2.30. The van der Waals surface area contributed by atoms with Crippen LogP contribution in [0.3, 0.4) is 0 Å². The molecule has 2 aromatic carbocycles. The highest BCUT2D eigenvalue weighted by Gasteiger charge is 2.08. The normalized spacial score (nSPS) is 11.2. The topological polar surface area (TPSA) is 9.23 Å². The molecule has 19 heavy (non-hydrogen) atoms. The second-order valence-corrected chi connectivity index (χ2v) is 4.10. The van der Waals surface area contributed by atoms with E-state index in [2.05, 4.69) is 18.4 Å². The smallest absolute Gasteiger partial charge is 0.101 e. The average molecular weight is 248 g/mol. The standard InChI is InChI=1S/C18H16O/c1-3-18(19-2)17-12-8-7-11-16(17)14-13-15-9-5-4-6-10-15/h3-12,18H,1H2,2H3/t18-/m1/s1. The highest BCUT2D eigenvalue weighted by molar-refractivity contribution is 5.47. The first kappa shape index (κ1) is 13.1. The number of rotatable bonds is 3. The molecule has 0 spiro atoms. The van der Waals surface area contributed by atoms with Crippen LogP contribution in [0.25, 0.3) is 0 Å². The number of ether oxygens (including phenoxy) is 1. The van der Waals surface area contributed by atoms with Crippen molar-refractivity contribution in [3.05, 3.63) is 83.9 Å². The molecule has 0 amide bonds. The van der Waals surface area contributed by atoms with Crippen LogP contribution in [0, 0.1) is 11.8 Å². The predicted molar refractivity (Wildman–Crippen MR) is 78.8 cm³/mol. The van der Waals surface area contributed by atoms with Gasteiger partial charge >= 0.3 is 0 Å². The van der Waals surface area contributed by atoms with Crippen molar-refractivity contribution in [1.82, 2.24) is 0 Å². The first-order chi connectivity index (χ1) is 9.35. The fourth-order valence-electron chi connectivity index (χ4n) is 1.87. The van der Waals surface area contributed by atoms with Crippen LogP contribution in [0.4, 0.5) is 0 Å². The lowest BCUT2D eigenvalue weighted by Crippen LogP contribution is -2.00. The zero-order chi connectivity index (χ0) is 13.5. The highest BCUT2D eigenvalue weighted by Crippen LogP contribution is 2.21. The molecule has 0 saturated carbocycles. The lowest BCUT2D eigenvalue weighted by molar-refractivity contribution is 0.143. The van der Waals surface area contributed by atoms with Gasteiger partial charge in [0.05, 0.1) is 0 Å². The summed E-state index contributed by atoms with van der Waals surface area (Å²) in [5, 5.41) is 0. The molecule has 0 heterocycles. The summed E-state index contributed by atoms with van der Waals surface area (Å²) in [7, 11) is 1.67. The van der Waals surface area contributed by atoms with Crippen LogP contribution in [-0.4, -0.2) is 7.11 Å². The van der Waals surface area contributed by atoms with Crippen molar-refractivity contribution < 1.29 is 4.74 Å². The monoisotopic (exact) mass is 248 g/mol. The Balaban J connectivity index is 2.36. The highest BCUT2D eigenvalue weighted by atomic mass is 16.5. The fraction of sp³-hybridized carbons (Fsp3) is 0.111. The van der Waals surface area contributed by atoms with Gasteiger partial charge in [0.25, 0.3) is 0 Å². The van der Waals surface area contributed by atoms with Crippen molar-refractivity contribution in [3.63, 3.8) is 0 Å². The maximum atomic E-state index is 5.39. The number of hydrogen-bond acceptors (Lipinski definition) is 1. The minimum absolute atomic E-state index is 0.124. The van der Waals surface area contributed by atoms with Crippen molar-refractivity contribution in [2.75, 3.05) is 7.11 Å². The van der Waals surface area contributed by atoms with Gasteiger partial charge in [-0.2, -0.15) is 0 Å². The molecular weight excluding hydrogens is 232 g/mol. The summed E-state index contributed by atoms with van der Waals surface area (Å²) in [6.07, 6.45) is 1.66. The first-order valence-corrected chi connectivity index (χ1v) is 6.16. The summed E-state index contributed by atoms with van der Waals surface area (Å²) < 4.78 is 5.39. The Labute approximate surface area is 114 Å². The average Bonchev–Trinajstić information content (AvgIpc) is 2.48. The van der Waals surface area contributed by atoms with Gasteiger partial charge in [0.15, 0.2) is 0 Å². The van der Waals surface area contributed by atoms with E-state index in [0.717, 1.165) is 16.7 Å². The second-order valence-electron chi connectivity index (χ2n) is 4.10. The third kappa shape index (κ3) is 3.34. The zero-order valence-corrected chi connectivity index (χ0v) is 11.0. The van der Waals surface area contributed by atoms with Gasteiger partial charge in [-0.1, -0.05) is 54.3 Å². The quantitative estimate of drug-likeness (QED) is 0.590. The van der Waals surface area contributed by atoms with Gasteiger partial charge in [-0.3, -0.25) is 0 Å². The molecular formula is C18H16O. The largest absolute Gasteiger partial charge is 0.373 e. The summed E-state index contributed by atoms with van der Waals surface area (Å²) in [5.41, 5.74) is 3.02. The minimum Gasteiger partial charge on any atom is -0.373 e. The van der Waals surface area contributed by atoms with E-state index in [1.165, 1.54) is 0 Å². The number of benzene rings is 2. The van der Waals surface area contributed by atoms with E-state index in [1.54, 1.807) is 13.2 Å². The number of methoxy groups -OCH3 is 1. The Bertz CT molecular complexity index is 602. The maximum absolute atomic E-state index is 5.39. The molecule has 0 bridgehead atoms. The van der Waals surface area contributed by atoms with Crippen LogP contribution in [0.15, 0.2) is 67.3 Å². The Morgan fingerprint density at radius 3 is 2.37 bits per heavy atom. The zero-order valence-electron chi connectivity index (χ0n) is 11.0. The summed E-state index contributed by atoms with van der Waals surface area (Å²) in [4.78, 5) is 0. The molecule has 0 aromatic heterocycles. The lowest BCUT2D eigenvalue weighted by atomic mass is 10.0. The third-order valence-corrected chi connectivity index (χ3v) is 2.85. The molecule has 0 aliphatic rings. The van der Waals surface area contributed by atoms with Crippen LogP contribution in [0.5, 0.6) is 0 Å². The summed E-state index contributed by atoms with van der Waals surface area (Å²) in [6.45, 7) is 3.79. The van der Waals surface area contributed by atoms with Crippen molar-refractivity contribution in [2.45, 2.75) is 6.10 Å². The molecule has 1 nitrogen and oxygen atoms in total. The van der Waals surface area contributed by atoms with E-state index in [1.807, 2.05) is 54.6 Å². The van der Waals surface area contributed by atoms with Crippen molar-refractivity contribution in [2.24, 2.45) is 0 Å². The van der Waals surface area contributed by atoms with Gasteiger partial charge in [-0.05, 0) is 18.2 Å². The molecule has 0 unspecified atom stereocenters. The molecule has 0 saturated heterocycles. The van der Waals surface area contributed by atoms with Crippen LogP contribution < -0.4 is 0 Å². The molecule has 0 N–H and O–H groups in total. The fourth-order valence-corrected chi connectivity index (χ4v) is 1.87. The second kappa shape index (κ2) is 6.58. The number of hydrogen-bond donors (Lipinski definition) is 0. The van der Waals surface area contributed by atoms with Crippen molar-refractivity contribution >= 4 is 0 Å². The van der Waals surface area contributed by atoms with E-state index in [0.29, 0.717) is 0 Å². The Kier molecular flexibility index (Phi) is 4.55. The van der Waals surface area contributed by atoms with Gasteiger partial charge in [0, 0.05) is 23.8 Å². The molecule has 1 atom stereocenters. The first-order valence-electron chi connectivity index (χ1n) is 6.16. The van der Waals surface area contributed by atoms with E-state index in [9.17, 15) is 0 Å². The van der Waals surface area contributed by atoms with Crippen LogP contribution in [0.2, 0.25) is 0 Å². The summed E-state index contributed by atoms with van der Waals surface area (Å²) in [6, 6.07) is 17.9. The van der Waals surface area contributed by atoms with Crippen LogP contribution in [-0.2, 0) is 4.74 Å². The molecule has 0 radical (unpaired) electrons. The van der Waals surface area contributed by atoms with E-state index < -0.39 is 0 Å². The molecule has 2 rings (SSSR count). The minimum atomic E-state index is -0.124. The lowest BCUT2D eigenvalue weighted by Gasteiger charge is -2.12. The van der Waals surface area contributed by atoms with Crippen LogP contribution in [0.1, 0.15) is 22.8 Å². The molecule has 0 fully saturated rings. The van der Waals surface area contributed by atoms with Gasteiger partial charge in [-0.15, -0.1) is 6.58 Å². The van der Waals surface area contributed by atoms with Gasteiger partial charge in [0.1, 0.15) is 6.10 Å². The Morgan fingerprint density at radius 2 is 1.68 bits per heavy atom. The molecule has 0 aliphatic heterocycles. The van der Waals surface area contributed by atoms with Gasteiger partial charge < -0.3 is 4.74 Å². The summed E-state index contributed by atoms with van der Waals surface area (Å²) >= 11 is 0. The molecule has 2 aromatic rings. The van der Waals surface area contributed by atoms with Gasteiger partial charge in [-0.25, -0.2) is 0 Å². The predicted octanol–water partition coefficient (Wildman–Crippen LogP) is 3.96. The van der Waals surface area contributed by atoms with E-state index >= 15 is 0 Å².